The zero-order valence-electron chi connectivity index (χ0n) is 18.0. The van der Waals surface area contributed by atoms with Gasteiger partial charge in [-0.05, 0) is 68.8 Å². The quantitative estimate of drug-likeness (QED) is 0.687. The minimum Gasteiger partial charge on any atom is -0.495 e. The van der Waals surface area contributed by atoms with Crippen LogP contribution in [0.4, 0.5) is 5.69 Å². The van der Waals surface area contributed by atoms with Crippen LogP contribution >= 0.6 is 0 Å². The third-order valence-corrected chi connectivity index (χ3v) is 8.08. The molecule has 166 valence electrons. The van der Waals surface area contributed by atoms with Gasteiger partial charge in [-0.3, -0.25) is 14.0 Å². The normalized spacial score (nSPS) is 19.5. The molecule has 0 bridgehead atoms. The smallest absolute Gasteiger partial charge is 0.264 e. The molecular formula is C23H29N3O4S. The van der Waals surface area contributed by atoms with Crippen LogP contribution in [0.2, 0.25) is 0 Å². The first-order valence-electron chi connectivity index (χ1n) is 10.7. The van der Waals surface area contributed by atoms with Gasteiger partial charge in [0, 0.05) is 31.7 Å². The molecule has 2 aromatic rings. The molecule has 31 heavy (non-hydrogen) atoms. The van der Waals surface area contributed by atoms with E-state index in [0.717, 1.165) is 32.6 Å². The molecule has 0 radical (unpaired) electrons. The highest BCUT2D eigenvalue weighted by molar-refractivity contribution is 7.92. The number of methoxy groups -OCH3 is 1. The number of amides is 1. The number of para-hydroxylation sites is 2. The van der Waals surface area contributed by atoms with Crippen LogP contribution in [0.5, 0.6) is 5.75 Å². The van der Waals surface area contributed by atoms with Crippen molar-refractivity contribution in [3.05, 3.63) is 54.1 Å². The molecule has 0 spiro atoms. The summed E-state index contributed by atoms with van der Waals surface area (Å²) in [7, 11) is -0.783. The lowest BCUT2D eigenvalue weighted by Gasteiger charge is -2.24. The summed E-state index contributed by atoms with van der Waals surface area (Å²) in [5, 5.41) is 0. The largest absolute Gasteiger partial charge is 0.495 e. The van der Waals surface area contributed by atoms with Gasteiger partial charge < -0.3 is 9.64 Å². The molecule has 0 aliphatic carbocycles. The second-order valence-electron chi connectivity index (χ2n) is 8.11. The molecule has 4 rings (SSSR count). The molecule has 0 N–H and O–H groups in total. The van der Waals surface area contributed by atoms with E-state index in [-0.39, 0.29) is 10.8 Å². The van der Waals surface area contributed by atoms with Gasteiger partial charge in [0.25, 0.3) is 15.9 Å². The highest BCUT2D eigenvalue weighted by Crippen LogP contribution is 2.31. The molecule has 2 saturated heterocycles. The summed E-state index contributed by atoms with van der Waals surface area (Å²) >= 11 is 0. The number of nitrogens with zero attached hydrogens (tertiary/aromatic N) is 3. The van der Waals surface area contributed by atoms with Gasteiger partial charge in [0.15, 0.2) is 0 Å². The number of rotatable bonds is 6. The van der Waals surface area contributed by atoms with Gasteiger partial charge in [-0.15, -0.1) is 0 Å². The maximum Gasteiger partial charge on any atom is 0.264 e. The fourth-order valence-corrected chi connectivity index (χ4v) is 5.67. The molecule has 2 aromatic carbocycles. The molecule has 2 fully saturated rings. The Balaban J connectivity index is 1.48. The average Bonchev–Trinajstić information content (AvgIpc) is 3.50. The minimum atomic E-state index is -3.78. The summed E-state index contributed by atoms with van der Waals surface area (Å²) in [6.45, 7) is 3.74. The SMILES string of the molecule is COc1ccccc1N(C)S(=O)(=O)c1ccc(C(=O)N2CCC(N3CCCC3)C2)cc1. The van der Waals surface area contributed by atoms with Crippen molar-refractivity contribution in [1.82, 2.24) is 9.80 Å². The van der Waals surface area contributed by atoms with Crippen molar-refractivity contribution in [2.24, 2.45) is 0 Å². The fraction of sp³-hybridized carbons (Fsp3) is 0.435. The van der Waals surface area contributed by atoms with E-state index < -0.39 is 10.0 Å². The van der Waals surface area contributed by atoms with Crippen LogP contribution in [0.3, 0.4) is 0 Å². The summed E-state index contributed by atoms with van der Waals surface area (Å²) < 4.78 is 32.7. The number of hydrogen-bond donors (Lipinski definition) is 0. The van der Waals surface area contributed by atoms with Crippen LogP contribution in [0.25, 0.3) is 0 Å². The number of benzene rings is 2. The Bertz CT molecular complexity index is 1030. The van der Waals surface area contributed by atoms with Crippen molar-refractivity contribution < 1.29 is 17.9 Å². The van der Waals surface area contributed by atoms with Crippen molar-refractivity contribution in [3.8, 4) is 5.75 Å². The summed E-state index contributed by atoms with van der Waals surface area (Å²) in [4.78, 5) is 17.4. The Morgan fingerprint density at radius 1 is 1.03 bits per heavy atom. The van der Waals surface area contributed by atoms with Gasteiger partial charge in [-0.25, -0.2) is 8.42 Å². The predicted molar refractivity (Wildman–Crippen MR) is 120 cm³/mol. The first-order chi connectivity index (χ1) is 14.9. The summed E-state index contributed by atoms with van der Waals surface area (Å²) in [6.07, 6.45) is 3.48. The molecule has 1 unspecified atom stereocenters. The highest BCUT2D eigenvalue weighted by Gasteiger charge is 2.32. The van der Waals surface area contributed by atoms with E-state index in [0.29, 0.717) is 23.0 Å². The van der Waals surface area contributed by atoms with Gasteiger partial charge in [0.1, 0.15) is 5.75 Å². The van der Waals surface area contributed by atoms with E-state index in [9.17, 15) is 13.2 Å². The van der Waals surface area contributed by atoms with Gasteiger partial charge in [-0.1, -0.05) is 12.1 Å². The van der Waals surface area contributed by atoms with Crippen LogP contribution in [0.15, 0.2) is 53.4 Å². The third kappa shape index (κ3) is 4.27. The van der Waals surface area contributed by atoms with Crippen LogP contribution in [0.1, 0.15) is 29.6 Å². The van der Waals surface area contributed by atoms with Gasteiger partial charge in [0.05, 0.1) is 17.7 Å². The lowest BCUT2D eigenvalue weighted by molar-refractivity contribution is 0.0780. The fourth-order valence-electron chi connectivity index (χ4n) is 4.46. The first kappa shape index (κ1) is 21.6. The predicted octanol–water partition coefficient (Wildman–Crippen LogP) is 2.83. The van der Waals surface area contributed by atoms with Crippen molar-refractivity contribution in [2.45, 2.75) is 30.2 Å². The second-order valence-corrected chi connectivity index (χ2v) is 10.1. The third-order valence-electron chi connectivity index (χ3n) is 6.29. The molecule has 0 aromatic heterocycles. The van der Waals surface area contributed by atoms with Crippen molar-refractivity contribution in [1.29, 1.82) is 0 Å². The number of carbonyl (C=O) groups is 1. The average molecular weight is 444 g/mol. The number of ether oxygens (including phenoxy) is 1. The van der Waals surface area contributed by atoms with E-state index in [1.165, 1.54) is 43.4 Å². The van der Waals surface area contributed by atoms with E-state index in [1.807, 2.05) is 4.90 Å². The Kier molecular flexibility index (Phi) is 6.20. The lowest BCUT2D eigenvalue weighted by atomic mass is 10.2. The second kappa shape index (κ2) is 8.88. The number of anilines is 1. The molecule has 2 heterocycles. The molecule has 2 aliphatic rings. The first-order valence-corrected chi connectivity index (χ1v) is 12.1. The van der Waals surface area contributed by atoms with E-state index >= 15 is 0 Å². The van der Waals surface area contributed by atoms with Crippen LogP contribution in [0, 0.1) is 0 Å². The Hall–Kier alpha value is -2.58. The molecular weight excluding hydrogens is 414 g/mol. The number of likely N-dealkylation sites (tertiary alicyclic amines) is 2. The van der Waals surface area contributed by atoms with Crippen molar-refractivity contribution in [3.63, 3.8) is 0 Å². The molecule has 7 nitrogen and oxygen atoms in total. The molecule has 8 heteroatoms. The zero-order chi connectivity index (χ0) is 22.0. The topological polar surface area (TPSA) is 70.2 Å². The molecule has 1 atom stereocenters. The Morgan fingerprint density at radius 2 is 1.71 bits per heavy atom. The maximum atomic E-state index is 13.1. The summed E-state index contributed by atoms with van der Waals surface area (Å²) in [5.41, 5.74) is 0.969. The standard InChI is InChI=1S/C23H29N3O4S/c1-24(21-7-3-4-8-22(21)30-2)31(28,29)20-11-9-18(10-12-20)23(27)26-16-13-19(17-26)25-14-5-6-15-25/h3-4,7-12,19H,5-6,13-17H2,1-2H3. The monoisotopic (exact) mass is 443 g/mol. The number of hydrogen-bond acceptors (Lipinski definition) is 5. The highest BCUT2D eigenvalue weighted by atomic mass is 32.2. The van der Waals surface area contributed by atoms with Gasteiger partial charge in [-0.2, -0.15) is 0 Å². The van der Waals surface area contributed by atoms with Gasteiger partial charge in [0.2, 0.25) is 0 Å². The van der Waals surface area contributed by atoms with E-state index in [2.05, 4.69) is 4.90 Å². The molecule has 2 aliphatic heterocycles. The van der Waals surface area contributed by atoms with Crippen molar-refractivity contribution in [2.75, 3.05) is 44.6 Å². The Labute approximate surface area is 184 Å². The van der Waals surface area contributed by atoms with Crippen molar-refractivity contribution >= 4 is 21.6 Å². The number of sulfonamides is 1. The summed E-state index contributed by atoms with van der Waals surface area (Å²) in [5.74, 6) is 0.436. The van der Waals surface area contributed by atoms with E-state index in [1.54, 1.807) is 36.4 Å². The zero-order valence-corrected chi connectivity index (χ0v) is 18.8. The van der Waals surface area contributed by atoms with Gasteiger partial charge >= 0.3 is 0 Å². The van der Waals surface area contributed by atoms with Crippen LogP contribution in [-0.2, 0) is 10.0 Å². The minimum absolute atomic E-state index is 0.0382. The van der Waals surface area contributed by atoms with Crippen LogP contribution in [-0.4, -0.2) is 70.5 Å². The molecule has 1 amide bonds. The van der Waals surface area contributed by atoms with E-state index in [4.69, 9.17) is 4.74 Å². The Morgan fingerprint density at radius 3 is 2.39 bits per heavy atom. The number of carbonyl (C=O) groups excluding carboxylic acids is 1. The lowest BCUT2D eigenvalue weighted by Crippen LogP contribution is -2.37. The summed E-state index contributed by atoms with van der Waals surface area (Å²) in [6, 6.07) is 13.6. The maximum absolute atomic E-state index is 13.1. The molecule has 0 saturated carbocycles. The van der Waals surface area contributed by atoms with Crippen LogP contribution < -0.4 is 9.04 Å².